The summed E-state index contributed by atoms with van der Waals surface area (Å²) < 4.78 is 5.28. The lowest BCUT2D eigenvalue weighted by molar-refractivity contribution is 0.175. The van der Waals surface area contributed by atoms with Crippen LogP contribution in [0.1, 0.15) is 44.6 Å². The molecule has 1 saturated heterocycles. The van der Waals surface area contributed by atoms with Crippen molar-refractivity contribution >= 4 is 0 Å². The lowest BCUT2D eigenvalue weighted by Gasteiger charge is -2.32. The second-order valence-electron chi connectivity index (χ2n) is 5.53. The Balaban J connectivity index is 1.93. The van der Waals surface area contributed by atoms with Gasteiger partial charge in [-0.2, -0.15) is 0 Å². The van der Waals surface area contributed by atoms with Gasteiger partial charge < -0.3 is 9.73 Å². The summed E-state index contributed by atoms with van der Waals surface area (Å²) in [5.41, 5.74) is 1.07. The first kappa shape index (κ1) is 13.6. The van der Waals surface area contributed by atoms with Crippen LogP contribution in [0.25, 0.3) is 0 Å². The van der Waals surface area contributed by atoms with Gasteiger partial charge in [0.05, 0.1) is 5.69 Å². The van der Waals surface area contributed by atoms with E-state index in [4.69, 9.17) is 4.42 Å². The van der Waals surface area contributed by atoms with Gasteiger partial charge in [0.1, 0.15) is 5.76 Å². The maximum Gasteiger partial charge on any atom is 0.181 e. The van der Waals surface area contributed by atoms with E-state index in [9.17, 15) is 0 Å². The summed E-state index contributed by atoms with van der Waals surface area (Å²) in [6, 6.07) is 1.16. The lowest BCUT2D eigenvalue weighted by Crippen LogP contribution is -2.45. The monoisotopic (exact) mass is 251 g/mol. The number of nitrogens with one attached hydrogen (secondary N) is 1. The van der Waals surface area contributed by atoms with E-state index in [1.54, 1.807) is 6.39 Å². The van der Waals surface area contributed by atoms with Gasteiger partial charge in [0.15, 0.2) is 6.39 Å². The minimum atomic E-state index is 0.532. The molecule has 2 rings (SSSR count). The molecule has 4 nitrogen and oxygen atoms in total. The maximum absolute atomic E-state index is 5.28. The molecular weight excluding hydrogens is 226 g/mol. The second-order valence-corrected chi connectivity index (χ2v) is 5.53. The van der Waals surface area contributed by atoms with Gasteiger partial charge in [-0.25, -0.2) is 4.98 Å². The number of aryl methyl sites for hydroxylation is 1. The SMILES string of the molecule is Cc1ocnc1CN(CC1CCCCN1)C(C)C. The predicted octanol–water partition coefficient (Wildman–Crippen LogP) is 2.34. The van der Waals surface area contributed by atoms with Crippen molar-refractivity contribution in [3.63, 3.8) is 0 Å². The fourth-order valence-electron chi connectivity index (χ4n) is 2.49. The molecule has 0 aromatic carbocycles. The van der Waals surface area contributed by atoms with Gasteiger partial charge in [-0.1, -0.05) is 6.42 Å². The molecule has 0 saturated carbocycles. The van der Waals surface area contributed by atoms with Crippen LogP contribution >= 0.6 is 0 Å². The van der Waals surface area contributed by atoms with E-state index in [2.05, 4.69) is 29.0 Å². The van der Waals surface area contributed by atoms with Crippen LogP contribution in [0, 0.1) is 6.92 Å². The van der Waals surface area contributed by atoms with Gasteiger partial charge in [-0.3, -0.25) is 4.90 Å². The average Bonchev–Trinajstić information content (AvgIpc) is 2.75. The number of piperidine rings is 1. The zero-order valence-corrected chi connectivity index (χ0v) is 11.8. The lowest BCUT2D eigenvalue weighted by atomic mass is 10.0. The van der Waals surface area contributed by atoms with E-state index >= 15 is 0 Å². The highest BCUT2D eigenvalue weighted by atomic mass is 16.3. The molecular formula is C14H25N3O. The molecule has 0 radical (unpaired) electrons. The molecule has 0 spiro atoms. The van der Waals surface area contributed by atoms with Crippen LogP contribution in [0.4, 0.5) is 0 Å². The molecule has 0 amide bonds. The average molecular weight is 251 g/mol. The highest BCUT2D eigenvalue weighted by molar-refractivity contribution is 5.04. The molecule has 2 heterocycles. The van der Waals surface area contributed by atoms with Crippen molar-refractivity contribution in [2.24, 2.45) is 0 Å². The van der Waals surface area contributed by atoms with Crippen LogP contribution in [0.15, 0.2) is 10.8 Å². The molecule has 1 atom stereocenters. The summed E-state index contributed by atoms with van der Waals surface area (Å²) in [5, 5.41) is 3.61. The second kappa shape index (κ2) is 6.34. The summed E-state index contributed by atoms with van der Waals surface area (Å²) in [5.74, 6) is 0.942. The quantitative estimate of drug-likeness (QED) is 0.872. The summed E-state index contributed by atoms with van der Waals surface area (Å²) in [7, 11) is 0. The summed E-state index contributed by atoms with van der Waals surface area (Å²) in [4.78, 5) is 6.78. The summed E-state index contributed by atoms with van der Waals surface area (Å²) in [6.45, 7) is 9.64. The Kier molecular flexibility index (Phi) is 4.78. The Morgan fingerprint density at radius 2 is 2.33 bits per heavy atom. The number of aromatic nitrogens is 1. The zero-order valence-electron chi connectivity index (χ0n) is 11.8. The molecule has 0 aliphatic carbocycles. The number of hydrogen-bond acceptors (Lipinski definition) is 4. The standard InChI is InChI=1S/C14H25N3O/c1-11(2)17(8-13-6-4-5-7-15-13)9-14-12(3)18-10-16-14/h10-11,13,15H,4-9H2,1-3H3. The van der Waals surface area contributed by atoms with Gasteiger partial charge in [-0.05, 0) is 40.2 Å². The van der Waals surface area contributed by atoms with E-state index in [1.165, 1.54) is 25.8 Å². The molecule has 1 aromatic rings. The molecule has 1 unspecified atom stereocenters. The maximum atomic E-state index is 5.28. The number of rotatable bonds is 5. The van der Waals surface area contributed by atoms with Crippen molar-refractivity contribution < 1.29 is 4.42 Å². The number of hydrogen-bond donors (Lipinski definition) is 1. The fourth-order valence-corrected chi connectivity index (χ4v) is 2.49. The minimum absolute atomic E-state index is 0.532. The van der Waals surface area contributed by atoms with Crippen LogP contribution in [-0.2, 0) is 6.54 Å². The van der Waals surface area contributed by atoms with Gasteiger partial charge in [0.2, 0.25) is 0 Å². The molecule has 4 heteroatoms. The molecule has 102 valence electrons. The first-order valence-electron chi connectivity index (χ1n) is 7.03. The zero-order chi connectivity index (χ0) is 13.0. The Labute approximate surface area is 110 Å². The van der Waals surface area contributed by atoms with Crippen LogP contribution in [0.5, 0.6) is 0 Å². The van der Waals surface area contributed by atoms with Gasteiger partial charge in [-0.15, -0.1) is 0 Å². The smallest absolute Gasteiger partial charge is 0.181 e. The normalized spacial score (nSPS) is 20.8. The third-order valence-electron chi connectivity index (χ3n) is 3.79. The molecule has 1 aliphatic heterocycles. The molecule has 1 N–H and O–H groups in total. The highest BCUT2D eigenvalue weighted by Crippen LogP contribution is 2.14. The Bertz CT molecular complexity index is 356. The highest BCUT2D eigenvalue weighted by Gasteiger charge is 2.20. The summed E-state index contributed by atoms with van der Waals surface area (Å²) in [6.07, 6.45) is 5.51. The topological polar surface area (TPSA) is 41.3 Å². The minimum Gasteiger partial charge on any atom is -0.448 e. The first-order valence-corrected chi connectivity index (χ1v) is 7.03. The third kappa shape index (κ3) is 3.56. The Morgan fingerprint density at radius 3 is 2.89 bits per heavy atom. The molecule has 1 aromatic heterocycles. The van der Waals surface area contributed by atoms with Gasteiger partial charge in [0.25, 0.3) is 0 Å². The van der Waals surface area contributed by atoms with Crippen molar-refractivity contribution in [2.75, 3.05) is 13.1 Å². The van der Waals surface area contributed by atoms with E-state index in [1.807, 2.05) is 6.92 Å². The predicted molar refractivity (Wildman–Crippen MR) is 72.4 cm³/mol. The first-order chi connectivity index (χ1) is 8.66. The van der Waals surface area contributed by atoms with E-state index in [0.717, 1.165) is 24.5 Å². The van der Waals surface area contributed by atoms with E-state index < -0.39 is 0 Å². The Morgan fingerprint density at radius 1 is 1.50 bits per heavy atom. The molecule has 18 heavy (non-hydrogen) atoms. The Hall–Kier alpha value is -0.870. The van der Waals surface area contributed by atoms with Crippen LogP contribution in [0.3, 0.4) is 0 Å². The van der Waals surface area contributed by atoms with Gasteiger partial charge in [0, 0.05) is 25.2 Å². The van der Waals surface area contributed by atoms with Crippen molar-refractivity contribution in [1.29, 1.82) is 0 Å². The molecule has 0 bridgehead atoms. The van der Waals surface area contributed by atoms with Crippen LogP contribution < -0.4 is 5.32 Å². The van der Waals surface area contributed by atoms with Crippen LogP contribution in [0.2, 0.25) is 0 Å². The third-order valence-corrected chi connectivity index (χ3v) is 3.79. The molecule has 1 fully saturated rings. The van der Waals surface area contributed by atoms with Gasteiger partial charge >= 0.3 is 0 Å². The number of oxazole rings is 1. The summed E-state index contributed by atoms with van der Waals surface area (Å²) >= 11 is 0. The molecule has 1 aliphatic rings. The number of nitrogens with zero attached hydrogens (tertiary/aromatic N) is 2. The van der Waals surface area contributed by atoms with Crippen molar-refractivity contribution in [2.45, 2.75) is 58.7 Å². The van der Waals surface area contributed by atoms with Crippen molar-refractivity contribution in [3.05, 3.63) is 17.8 Å². The van der Waals surface area contributed by atoms with Crippen LogP contribution in [-0.4, -0.2) is 35.1 Å². The van der Waals surface area contributed by atoms with Crippen molar-refractivity contribution in [1.82, 2.24) is 15.2 Å². The largest absolute Gasteiger partial charge is 0.448 e. The van der Waals surface area contributed by atoms with E-state index in [0.29, 0.717) is 12.1 Å². The fraction of sp³-hybridized carbons (Fsp3) is 0.786. The van der Waals surface area contributed by atoms with Crippen molar-refractivity contribution in [3.8, 4) is 0 Å². The van der Waals surface area contributed by atoms with E-state index in [-0.39, 0.29) is 0 Å².